The summed E-state index contributed by atoms with van der Waals surface area (Å²) in [5.74, 6) is -1.91. The van der Waals surface area contributed by atoms with Gasteiger partial charge in [0.25, 0.3) is 0 Å². The largest absolute Gasteiger partial charge is 0.381 e. The van der Waals surface area contributed by atoms with E-state index >= 15 is 0 Å². The number of aromatic nitrogens is 1. The molecule has 0 aliphatic carbocycles. The van der Waals surface area contributed by atoms with Crippen molar-refractivity contribution >= 4 is 23.0 Å². The predicted octanol–water partition coefficient (Wildman–Crippen LogP) is 3.57. The Morgan fingerprint density at radius 1 is 1.44 bits per heavy atom. The summed E-state index contributed by atoms with van der Waals surface area (Å²) in [7, 11) is 0. The van der Waals surface area contributed by atoms with Gasteiger partial charge in [0.05, 0.1) is 6.04 Å². The van der Waals surface area contributed by atoms with Crippen molar-refractivity contribution in [3.63, 3.8) is 0 Å². The van der Waals surface area contributed by atoms with Crippen molar-refractivity contribution < 1.29 is 8.78 Å². The summed E-state index contributed by atoms with van der Waals surface area (Å²) in [6, 6.07) is 4.56. The van der Waals surface area contributed by atoms with Gasteiger partial charge in [0.1, 0.15) is 0 Å². The molecule has 0 aromatic carbocycles. The lowest BCUT2D eigenvalue weighted by atomic mass is 10.2. The number of nitrogen functional groups attached to an aromatic ring is 1. The lowest BCUT2D eigenvalue weighted by Crippen LogP contribution is -2.12. The molecule has 2 aromatic heterocycles. The minimum Gasteiger partial charge on any atom is -0.381 e. The van der Waals surface area contributed by atoms with Crippen LogP contribution in [0.3, 0.4) is 0 Å². The molecule has 0 saturated carbocycles. The van der Waals surface area contributed by atoms with Crippen LogP contribution in [0.2, 0.25) is 0 Å². The number of hydrogen-bond acceptors (Lipinski definition) is 4. The number of nitrogens with two attached hydrogens (primary N) is 1. The first-order valence-corrected chi connectivity index (χ1v) is 6.41. The molecule has 0 fully saturated rings. The highest BCUT2D eigenvalue weighted by Crippen LogP contribution is 2.27. The third kappa shape index (κ3) is 2.59. The molecule has 3 nitrogen and oxygen atoms in total. The molecule has 0 saturated heterocycles. The van der Waals surface area contributed by atoms with Crippen LogP contribution in [0.4, 0.5) is 20.4 Å². The molecule has 0 radical (unpaired) electrons. The molecule has 0 spiro atoms. The molecule has 1 atom stereocenters. The lowest BCUT2D eigenvalue weighted by Gasteiger charge is -2.16. The van der Waals surface area contributed by atoms with Crippen molar-refractivity contribution in [2.45, 2.75) is 19.4 Å². The summed E-state index contributed by atoms with van der Waals surface area (Å²) in [4.78, 5) is 4.76. The van der Waals surface area contributed by atoms with Crippen LogP contribution in [-0.4, -0.2) is 4.98 Å². The van der Waals surface area contributed by atoms with E-state index in [1.165, 1.54) is 0 Å². The van der Waals surface area contributed by atoms with Gasteiger partial charge in [-0.15, -0.1) is 11.3 Å². The van der Waals surface area contributed by atoms with Crippen LogP contribution in [0.5, 0.6) is 0 Å². The zero-order valence-electron chi connectivity index (χ0n) is 9.78. The van der Waals surface area contributed by atoms with Crippen LogP contribution in [0, 0.1) is 11.6 Å². The van der Waals surface area contributed by atoms with Gasteiger partial charge in [-0.1, -0.05) is 13.0 Å². The predicted molar refractivity (Wildman–Crippen MR) is 69.5 cm³/mol. The van der Waals surface area contributed by atoms with Crippen molar-refractivity contribution in [3.05, 3.63) is 40.1 Å². The van der Waals surface area contributed by atoms with Gasteiger partial charge in [0.15, 0.2) is 23.3 Å². The first-order chi connectivity index (χ1) is 8.61. The molecule has 3 N–H and O–H groups in total. The zero-order chi connectivity index (χ0) is 13.1. The van der Waals surface area contributed by atoms with E-state index in [4.69, 9.17) is 5.73 Å². The Kier molecular flexibility index (Phi) is 3.76. The first kappa shape index (κ1) is 12.8. The summed E-state index contributed by atoms with van der Waals surface area (Å²) in [5.41, 5.74) is 5.34. The van der Waals surface area contributed by atoms with E-state index in [9.17, 15) is 8.78 Å². The fraction of sp³-hybridized carbons (Fsp3) is 0.250. The Labute approximate surface area is 108 Å². The monoisotopic (exact) mass is 269 g/mol. The quantitative estimate of drug-likeness (QED) is 0.892. The van der Waals surface area contributed by atoms with Crippen LogP contribution in [0.15, 0.2) is 23.6 Å². The van der Waals surface area contributed by atoms with Crippen molar-refractivity contribution in [2.24, 2.45) is 0 Å². The smallest absolute Gasteiger partial charge is 0.168 e. The van der Waals surface area contributed by atoms with Gasteiger partial charge in [-0.25, -0.2) is 13.8 Å². The number of hydrogen-bond donors (Lipinski definition) is 2. The minimum atomic E-state index is -0.845. The second-order valence-electron chi connectivity index (χ2n) is 3.81. The molecule has 2 rings (SSSR count). The molecule has 1 unspecified atom stereocenters. The second kappa shape index (κ2) is 5.30. The molecular formula is C12H13F2N3S. The minimum absolute atomic E-state index is 0.0193. The summed E-state index contributed by atoms with van der Waals surface area (Å²) in [6.45, 7) is 1.97. The van der Waals surface area contributed by atoms with Gasteiger partial charge in [0, 0.05) is 10.9 Å². The highest BCUT2D eigenvalue weighted by atomic mass is 32.1. The molecular weight excluding hydrogens is 256 g/mol. The summed E-state index contributed by atoms with van der Waals surface area (Å²) in [6.07, 6.45) is 0.763. The lowest BCUT2D eigenvalue weighted by molar-refractivity contribution is 0.576. The van der Waals surface area contributed by atoms with E-state index in [0.29, 0.717) is 0 Å². The molecule has 0 aliphatic heterocycles. The molecule has 2 heterocycles. The van der Waals surface area contributed by atoms with Crippen molar-refractivity contribution in [2.75, 3.05) is 11.1 Å². The average molecular weight is 269 g/mol. The van der Waals surface area contributed by atoms with Crippen molar-refractivity contribution in [1.29, 1.82) is 0 Å². The van der Waals surface area contributed by atoms with Crippen LogP contribution in [-0.2, 0) is 0 Å². The van der Waals surface area contributed by atoms with Gasteiger partial charge in [-0.2, -0.15) is 0 Å². The molecule has 96 valence electrons. The van der Waals surface area contributed by atoms with E-state index in [1.54, 1.807) is 11.3 Å². The normalized spacial score (nSPS) is 12.4. The Bertz CT molecular complexity index is 528. The van der Waals surface area contributed by atoms with Crippen LogP contribution >= 0.6 is 11.3 Å². The highest BCUT2D eigenvalue weighted by molar-refractivity contribution is 7.10. The number of thiophene rings is 1. The van der Waals surface area contributed by atoms with Gasteiger partial charge >= 0.3 is 0 Å². The van der Waals surface area contributed by atoms with Crippen molar-refractivity contribution in [3.8, 4) is 0 Å². The zero-order valence-corrected chi connectivity index (χ0v) is 10.6. The van der Waals surface area contributed by atoms with Crippen LogP contribution in [0.25, 0.3) is 0 Å². The second-order valence-corrected chi connectivity index (χ2v) is 4.79. The maximum Gasteiger partial charge on any atom is 0.168 e. The average Bonchev–Trinajstić information content (AvgIpc) is 2.85. The van der Waals surface area contributed by atoms with E-state index in [-0.39, 0.29) is 17.7 Å². The fourth-order valence-corrected chi connectivity index (χ4v) is 2.47. The third-order valence-electron chi connectivity index (χ3n) is 2.56. The van der Waals surface area contributed by atoms with E-state index in [0.717, 1.165) is 17.4 Å². The standard InChI is InChI=1S/C12H13F2N3S/c1-2-9(10-4-3-5-18-10)16-12-8(14)6-7(13)11(15)17-12/h3-6,9H,2H2,1H3,(H3,15,16,17). The number of nitrogens with one attached hydrogen (secondary N) is 1. The van der Waals surface area contributed by atoms with Crippen molar-refractivity contribution in [1.82, 2.24) is 4.98 Å². The first-order valence-electron chi connectivity index (χ1n) is 5.53. The van der Waals surface area contributed by atoms with Gasteiger partial charge in [-0.3, -0.25) is 0 Å². The summed E-state index contributed by atoms with van der Waals surface area (Å²) in [5, 5.41) is 4.89. The van der Waals surface area contributed by atoms with E-state index in [2.05, 4.69) is 10.3 Å². The SMILES string of the molecule is CCC(Nc1nc(N)c(F)cc1F)c1cccs1. The number of anilines is 2. The Hall–Kier alpha value is -1.69. The topological polar surface area (TPSA) is 50.9 Å². The van der Waals surface area contributed by atoms with Crippen LogP contribution < -0.4 is 11.1 Å². The Morgan fingerprint density at radius 2 is 2.22 bits per heavy atom. The molecule has 6 heteroatoms. The maximum atomic E-state index is 13.6. The van der Waals surface area contributed by atoms with Gasteiger partial charge < -0.3 is 11.1 Å². The molecule has 2 aromatic rings. The summed E-state index contributed by atoms with van der Waals surface area (Å²) >= 11 is 1.57. The van der Waals surface area contributed by atoms with E-state index < -0.39 is 11.6 Å². The highest BCUT2D eigenvalue weighted by Gasteiger charge is 2.15. The van der Waals surface area contributed by atoms with Gasteiger partial charge in [0.2, 0.25) is 0 Å². The number of halogens is 2. The Morgan fingerprint density at radius 3 is 2.83 bits per heavy atom. The molecule has 18 heavy (non-hydrogen) atoms. The molecule has 0 aliphatic rings. The molecule has 0 amide bonds. The Balaban J connectivity index is 2.25. The number of pyridine rings is 1. The number of rotatable bonds is 4. The van der Waals surface area contributed by atoms with E-state index in [1.807, 2.05) is 24.4 Å². The number of nitrogens with zero attached hydrogens (tertiary/aromatic N) is 1. The maximum absolute atomic E-state index is 13.6. The fourth-order valence-electron chi connectivity index (χ4n) is 1.61. The third-order valence-corrected chi connectivity index (χ3v) is 3.55. The van der Waals surface area contributed by atoms with Gasteiger partial charge in [-0.05, 0) is 17.9 Å². The molecule has 0 bridgehead atoms. The summed E-state index contributed by atoms with van der Waals surface area (Å²) < 4.78 is 26.6. The van der Waals surface area contributed by atoms with Crippen LogP contribution in [0.1, 0.15) is 24.3 Å².